The van der Waals surface area contributed by atoms with Crippen LogP contribution in [0.3, 0.4) is 0 Å². The molecular weight excluding hydrogens is 416 g/mol. The number of halogens is 1. The Hall–Kier alpha value is -3.37. The lowest BCUT2D eigenvalue weighted by Gasteiger charge is -2.25. The predicted molar refractivity (Wildman–Crippen MR) is 133 cm³/mol. The average Bonchev–Trinajstić information content (AvgIpc) is 3.28. The average molecular weight is 441 g/mol. The van der Waals surface area contributed by atoms with Crippen LogP contribution in [0.15, 0.2) is 84.9 Å². The van der Waals surface area contributed by atoms with Gasteiger partial charge in [0.1, 0.15) is 16.9 Å². The van der Waals surface area contributed by atoms with Gasteiger partial charge < -0.3 is 9.88 Å². The fourth-order valence-electron chi connectivity index (χ4n) is 4.12. The highest BCUT2D eigenvalue weighted by molar-refractivity contribution is 6.17. The van der Waals surface area contributed by atoms with Gasteiger partial charge in [-0.05, 0) is 23.6 Å². The molecular formula is C27H25ClN4. The maximum Gasteiger partial charge on any atom is 0.155 e. The van der Waals surface area contributed by atoms with Crippen LogP contribution in [0.4, 0.5) is 5.82 Å². The molecule has 0 amide bonds. The van der Waals surface area contributed by atoms with E-state index in [4.69, 9.17) is 21.6 Å². The molecule has 5 rings (SSSR count). The third-order valence-electron chi connectivity index (χ3n) is 5.64. The van der Waals surface area contributed by atoms with E-state index in [1.807, 2.05) is 12.1 Å². The van der Waals surface area contributed by atoms with E-state index in [2.05, 4.69) is 82.7 Å². The van der Waals surface area contributed by atoms with Crippen LogP contribution in [-0.2, 0) is 19.5 Å². The van der Waals surface area contributed by atoms with Gasteiger partial charge in [0.2, 0.25) is 0 Å². The number of imidazole rings is 1. The van der Waals surface area contributed by atoms with Crippen LogP contribution in [0.2, 0.25) is 0 Å². The van der Waals surface area contributed by atoms with Crippen molar-refractivity contribution in [1.82, 2.24) is 15.0 Å². The molecule has 2 heterocycles. The zero-order valence-corrected chi connectivity index (χ0v) is 18.6. The second kappa shape index (κ2) is 9.41. The van der Waals surface area contributed by atoms with Crippen molar-refractivity contribution >= 4 is 39.4 Å². The first-order chi connectivity index (χ1) is 15.8. The molecule has 2 aromatic heterocycles. The Bertz CT molecular complexity index is 1270. The van der Waals surface area contributed by atoms with Crippen LogP contribution >= 0.6 is 11.6 Å². The number of fused-ring (bicyclic) bond motifs is 3. The van der Waals surface area contributed by atoms with Crippen molar-refractivity contribution in [2.45, 2.75) is 25.9 Å². The van der Waals surface area contributed by atoms with Gasteiger partial charge in [-0.2, -0.15) is 0 Å². The first kappa shape index (κ1) is 20.5. The number of rotatable bonds is 8. The molecule has 32 heavy (non-hydrogen) atoms. The summed E-state index contributed by atoms with van der Waals surface area (Å²) in [5.41, 5.74) is 5.40. The van der Waals surface area contributed by atoms with Gasteiger partial charge in [-0.3, -0.25) is 0 Å². The highest BCUT2D eigenvalue weighted by Gasteiger charge is 2.19. The fourth-order valence-corrected chi connectivity index (χ4v) is 4.25. The Kier molecular flexibility index (Phi) is 6.04. The van der Waals surface area contributed by atoms with Crippen LogP contribution in [0.5, 0.6) is 0 Å². The third-order valence-corrected chi connectivity index (χ3v) is 5.91. The number of hydrogen-bond donors (Lipinski definition) is 1. The lowest BCUT2D eigenvalue weighted by atomic mass is 10.1. The van der Waals surface area contributed by atoms with E-state index >= 15 is 0 Å². The summed E-state index contributed by atoms with van der Waals surface area (Å²) in [6.45, 7) is 1.51. The van der Waals surface area contributed by atoms with Gasteiger partial charge >= 0.3 is 0 Å². The van der Waals surface area contributed by atoms with Gasteiger partial charge in [-0.25, -0.2) is 9.97 Å². The molecule has 0 unspecified atom stereocenters. The summed E-state index contributed by atoms with van der Waals surface area (Å²) in [5.74, 6) is 2.51. The van der Waals surface area contributed by atoms with Gasteiger partial charge in [0.25, 0.3) is 0 Å². The van der Waals surface area contributed by atoms with E-state index in [0.29, 0.717) is 5.88 Å². The Morgan fingerprint density at radius 3 is 2.03 bits per heavy atom. The van der Waals surface area contributed by atoms with Crippen LogP contribution in [-0.4, -0.2) is 20.8 Å². The van der Waals surface area contributed by atoms with E-state index in [1.165, 1.54) is 11.1 Å². The molecule has 0 bridgehead atoms. The molecule has 3 aromatic carbocycles. The van der Waals surface area contributed by atoms with Crippen molar-refractivity contribution in [3.8, 4) is 0 Å². The van der Waals surface area contributed by atoms with Crippen LogP contribution in [0.25, 0.3) is 21.9 Å². The molecule has 0 aliphatic rings. The van der Waals surface area contributed by atoms with Crippen LogP contribution < -0.4 is 4.90 Å². The molecule has 0 aliphatic heterocycles. The zero-order valence-electron chi connectivity index (χ0n) is 17.8. The number of para-hydroxylation sites is 1. The van der Waals surface area contributed by atoms with Gasteiger partial charge in [0.05, 0.1) is 5.52 Å². The van der Waals surface area contributed by atoms with Gasteiger partial charge in [-0.15, -0.1) is 11.6 Å². The number of benzene rings is 3. The number of pyridine rings is 1. The summed E-state index contributed by atoms with van der Waals surface area (Å²) < 4.78 is 0. The van der Waals surface area contributed by atoms with Crippen molar-refractivity contribution in [3.63, 3.8) is 0 Å². The van der Waals surface area contributed by atoms with E-state index in [-0.39, 0.29) is 0 Å². The van der Waals surface area contributed by atoms with Crippen molar-refractivity contribution < 1.29 is 0 Å². The molecule has 0 radical (unpaired) electrons. The van der Waals surface area contributed by atoms with Crippen molar-refractivity contribution in [2.75, 3.05) is 10.8 Å². The molecule has 0 saturated heterocycles. The normalized spacial score (nSPS) is 11.3. The number of nitrogens with one attached hydrogen (secondary N) is 1. The minimum Gasteiger partial charge on any atom is -0.346 e. The molecule has 0 aliphatic carbocycles. The minimum absolute atomic E-state index is 0.622. The van der Waals surface area contributed by atoms with Gasteiger partial charge in [0, 0.05) is 30.8 Å². The number of alkyl halides is 1. The van der Waals surface area contributed by atoms with Crippen LogP contribution in [0.1, 0.15) is 23.4 Å². The molecule has 0 spiro atoms. The fraction of sp³-hybridized carbons (Fsp3) is 0.185. The number of nitrogens with zero attached hydrogens (tertiary/aromatic N) is 3. The SMILES string of the molecule is ClCCCc1nc2c([nH]1)c(N(Cc1ccccc1)Cc1ccccc1)nc1ccccc12. The summed E-state index contributed by atoms with van der Waals surface area (Å²) in [6, 6.07) is 29.3. The Balaban J connectivity index is 1.66. The summed E-state index contributed by atoms with van der Waals surface area (Å²) in [6.07, 6.45) is 1.71. The van der Waals surface area contributed by atoms with Gasteiger partial charge in [-0.1, -0.05) is 78.9 Å². The zero-order chi connectivity index (χ0) is 21.8. The molecule has 5 aromatic rings. The molecule has 0 fully saturated rings. The van der Waals surface area contributed by atoms with E-state index in [9.17, 15) is 0 Å². The van der Waals surface area contributed by atoms with E-state index in [1.54, 1.807) is 0 Å². The summed E-state index contributed by atoms with van der Waals surface area (Å²) >= 11 is 5.95. The van der Waals surface area contributed by atoms with Crippen molar-refractivity contribution in [2.24, 2.45) is 0 Å². The number of anilines is 1. The smallest absolute Gasteiger partial charge is 0.155 e. The Morgan fingerprint density at radius 2 is 1.38 bits per heavy atom. The maximum atomic E-state index is 5.95. The Labute approximate surface area is 192 Å². The number of aryl methyl sites for hydroxylation is 1. The third kappa shape index (κ3) is 4.32. The second-order valence-corrected chi connectivity index (χ2v) is 8.36. The standard InChI is InChI=1S/C27H25ClN4/c28-17-9-16-24-30-25-22-14-7-8-15-23(22)29-27(26(25)31-24)32(18-20-10-3-1-4-11-20)19-21-12-5-2-6-13-21/h1-8,10-15H,9,16-19H2,(H,30,31). The highest BCUT2D eigenvalue weighted by atomic mass is 35.5. The maximum absolute atomic E-state index is 5.95. The minimum atomic E-state index is 0.622. The quantitative estimate of drug-likeness (QED) is 0.280. The number of hydrogen-bond acceptors (Lipinski definition) is 3. The molecule has 5 heteroatoms. The Morgan fingerprint density at radius 1 is 0.750 bits per heavy atom. The first-order valence-corrected chi connectivity index (χ1v) is 11.5. The molecule has 0 saturated carbocycles. The lowest BCUT2D eigenvalue weighted by molar-refractivity contribution is 0.789. The number of H-pyrrole nitrogens is 1. The molecule has 160 valence electrons. The molecule has 0 atom stereocenters. The number of aromatic amines is 1. The summed E-state index contributed by atoms with van der Waals surface area (Å²) in [5, 5.41) is 1.07. The summed E-state index contributed by atoms with van der Waals surface area (Å²) in [7, 11) is 0. The summed E-state index contributed by atoms with van der Waals surface area (Å²) in [4.78, 5) is 16.0. The monoisotopic (exact) mass is 440 g/mol. The topological polar surface area (TPSA) is 44.8 Å². The largest absolute Gasteiger partial charge is 0.346 e. The number of aromatic nitrogens is 3. The van der Waals surface area contributed by atoms with Crippen molar-refractivity contribution in [1.29, 1.82) is 0 Å². The first-order valence-electron chi connectivity index (χ1n) is 11.0. The van der Waals surface area contributed by atoms with E-state index < -0.39 is 0 Å². The second-order valence-electron chi connectivity index (χ2n) is 7.98. The molecule has 4 nitrogen and oxygen atoms in total. The lowest BCUT2D eigenvalue weighted by Crippen LogP contribution is -2.23. The van der Waals surface area contributed by atoms with Crippen LogP contribution in [0, 0.1) is 0 Å². The predicted octanol–water partition coefficient (Wildman–Crippen LogP) is 6.49. The van der Waals surface area contributed by atoms with Crippen molar-refractivity contribution in [3.05, 3.63) is 102 Å². The van der Waals surface area contributed by atoms with Gasteiger partial charge in [0.15, 0.2) is 5.82 Å². The van der Waals surface area contributed by atoms with E-state index in [0.717, 1.165) is 59.5 Å². The molecule has 1 N–H and O–H groups in total. The highest BCUT2D eigenvalue weighted by Crippen LogP contribution is 2.32.